The molecule has 2 amide bonds. The Morgan fingerprint density at radius 1 is 1.12 bits per heavy atom. The third-order valence-corrected chi connectivity index (χ3v) is 5.02. The molecule has 0 aliphatic carbocycles. The number of hydrogen-bond donors (Lipinski definition) is 1. The smallest absolute Gasteiger partial charge is 0.317 e. The summed E-state index contributed by atoms with van der Waals surface area (Å²) < 4.78 is 10.6. The van der Waals surface area contributed by atoms with Crippen LogP contribution in [0.1, 0.15) is 13.8 Å². The van der Waals surface area contributed by atoms with E-state index in [-0.39, 0.29) is 6.03 Å². The van der Waals surface area contributed by atoms with Gasteiger partial charge < -0.3 is 19.7 Å². The number of rotatable bonds is 7. The molecule has 0 bridgehead atoms. The van der Waals surface area contributed by atoms with Gasteiger partial charge in [0, 0.05) is 65.5 Å². The topological polar surface area (TPSA) is 57.3 Å². The standard InChI is InChI=1S/C17H34N4O3/c1-15(2)16(20-9-12-24-13-10-20)14-18-17(22)21-6-4-19(5-7-21)8-11-23-3/h15-16H,4-14H2,1-3H3,(H,18,22). The van der Waals surface area contributed by atoms with Crippen molar-refractivity contribution in [1.82, 2.24) is 20.0 Å². The monoisotopic (exact) mass is 342 g/mol. The molecule has 0 aromatic rings. The van der Waals surface area contributed by atoms with Gasteiger partial charge in [-0.15, -0.1) is 0 Å². The molecule has 2 rings (SSSR count). The fourth-order valence-corrected chi connectivity index (χ4v) is 3.39. The SMILES string of the molecule is COCCN1CCN(C(=O)NCC(C(C)C)N2CCOCC2)CC1. The Bertz CT molecular complexity index is 367. The first-order valence-electron chi connectivity index (χ1n) is 9.17. The molecule has 0 aromatic heterocycles. The van der Waals surface area contributed by atoms with Crippen molar-refractivity contribution < 1.29 is 14.3 Å². The van der Waals surface area contributed by atoms with Crippen LogP contribution in [0.2, 0.25) is 0 Å². The molecule has 7 heteroatoms. The third kappa shape index (κ3) is 5.88. The van der Waals surface area contributed by atoms with Crippen molar-refractivity contribution in [3.8, 4) is 0 Å². The third-order valence-electron chi connectivity index (χ3n) is 5.02. The van der Waals surface area contributed by atoms with Crippen molar-refractivity contribution in [1.29, 1.82) is 0 Å². The zero-order valence-corrected chi connectivity index (χ0v) is 15.5. The van der Waals surface area contributed by atoms with Crippen molar-refractivity contribution in [2.75, 3.05) is 79.3 Å². The second kappa shape index (κ2) is 10.2. The normalized spacial score (nSPS) is 21.9. The van der Waals surface area contributed by atoms with Gasteiger partial charge in [-0.25, -0.2) is 4.79 Å². The van der Waals surface area contributed by atoms with E-state index < -0.39 is 0 Å². The zero-order valence-electron chi connectivity index (χ0n) is 15.5. The Morgan fingerprint density at radius 2 is 1.79 bits per heavy atom. The molecule has 0 aromatic carbocycles. The molecule has 1 atom stereocenters. The summed E-state index contributed by atoms with van der Waals surface area (Å²) in [4.78, 5) is 19.2. The van der Waals surface area contributed by atoms with E-state index in [2.05, 4.69) is 29.0 Å². The van der Waals surface area contributed by atoms with E-state index in [0.29, 0.717) is 18.5 Å². The van der Waals surface area contributed by atoms with Crippen LogP contribution in [0.3, 0.4) is 0 Å². The summed E-state index contributed by atoms with van der Waals surface area (Å²) in [6, 6.07) is 0.446. The first kappa shape index (κ1) is 19.4. The van der Waals surface area contributed by atoms with E-state index in [1.54, 1.807) is 7.11 Å². The van der Waals surface area contributed by atoms with Gasteiger partial charge in [0.15, 0.2) is 0 Å². The van der Waals surface area contributed by atoms with Crippen LogP contribution in [-0.2, 0) is 9.47 Å². The number of piperazine rings is 1. The van der Waals surface area contributed by atoms with Crippen molar-refractivity contribution >= 4 is 6.03 Å². The van der Waals surface area contributed by atoms with Crippen LogP contribution in [0.4, 0.5) is 4.79 Å². The molecule has 1 unspecified atom stereocenters. The summed E-state index contributed by atoms with van der Waals surface area (Å²) in [7, 11) is 1.73. The highest BCUT2D eigenvalue weighted by Gasteiger charge is 2.26. The maximum absolute atomic E-state index is 12.5. The number of carbonyl (C=O) groups excluding carboxylic acids is 1. The molecule has 24 heavy (non-hydrogen) atoms. The number of amides is 2. The lowest BCUT2D eigenvalue weighted by Crippen LogP contribution is -2.55. The Balaban J connectivity index is 1.73. The van der Waals surface area contributed by atoms with Crippen LogP contribution in [0.15, 0.2) is 0 Å². The Kier molecular flexibility index (Phi) is 8.24. The fraction of sp³-hybridized carbons (Fsp3) is 0.941. The fourth-order valence-electron chi connectivity index (χ4n) is 3.39. The summed E-state index contributed by atoms with van der Waals surface area (Å²) in [6.45, 7) is 13.8. The summed E-state index contributed by atoms with van der Waals surface area (Å²) >= 11 is 0. The van der Waals surface area contributed by atoms with Gasteiger partial charge in [0.25, 0.3) is 0 Å². The molecular weight excluding hydrogens is 308 g/mol. The van der Waals surface area contributed by atoms with Crippen molar-refractivity contribution in [3.05, 3.63) is 0 Å². The molecule has 2 fully saturated rings. The van der Waals surface area contributed by atoms with Gasteiger partial charge in [-0.1, -0.05) is 13.8 Å². The van der Waals surface area contributed by atoms with Gasteiger partial charge >= 0.3 is 6.03 Å². The molecule has 2 aliphatic rings. The summed E-state index contributed by atoms with van der Waals surface area (Å²) in [5, 5.41) is 3.15. The van der Waals surface area contributed by atoms with E-state index >= 15 is 0 Å². The van der Waals surface area contributed by atoms with E-state index in [4.69, 9.17) is 9.47 Å². The molecule has 2 heterocycles. The van der Waals surface area contributed by atoms with Crippen molar-refractivity contribution in [2.24, 2.45) is 5.92 Å². The average molecular weight is 342 g/mol. The number of methoxy groups -OCH3 is 1. The van der Waals surface area contributed by atoms with E-state index in [9.17, 15) is 4.79 Å². The van der Waals surface area contributed by atoms with Gasteiger partial charge in [-0.2, -0.15) is 0 Å². The molecule has 0 spiro atoms. The average Bonchev–Trinajstić information content (AvgIpc) is 2.61. The predicted molar refractivity (Wildman–Crippen MR) is 94.3 cm³/mol. The summed E-state index contributed by atoms with van der Waals surface area (Å²) in [5.74, 6) is 0.509. The summed E-state index contributed by atoms with van der Waals surface area (Å²) in [6.07, 6.45) is 0. The molecule has 2 saturated heterocycles. The molecule has 2 aliphatic heterocycles. The lowest BCUT2D eigenvalue weighted by atomic mass is 10.0. The largest absolute Gasteiger partial charge is 0.383 e. The first-order chi connectivity index (χ1) is 11.6. The van der Waals surface area contributed by atoms with Crippen LogP contribution in [0, 0.1) is 5.92 Å². The molecule has 1 N–H and O–H groups in total. The number of hydrogen-bond acceptors (Lipinski definition) is 5. The summed E-state index contributed by atoms with van der Waals surface area (Å²) in [5.41, 5.74) is 0. The Morgan fingerprint density at radius 3 is 2.38 bits per heavy atom. The van der Waals surface area contributed by atoms with Crippen LogP contribution < -0.4 is 5.32 Å². The van der Waals surface area contributed by atoms with Crippen LogP contribution in [0.5, 0.6) is 0 Å². The van der Waals surface area contributed by atoms with Crippen molar-refractivity contribution in [2.45, 2.75) is 19.9 Å². The Hall–Kier alpha value is -0.890. The minimum absolute atomic E-state index is 0.0697. The highest BCUT2D eigenvalue weighted by molar-refractivity contribution is 5.74. The number of morpholine rings is 1. The minimum atomic E-state index is 0.0697. The van der Waals surface area contributed by atoms with Crippen LogP contribution in [-0.4, -0.2) is 106 Å². The molecule has 0 radical (unpaired) electrons. The number of nitrogens with one attached hydrogen (secondary N) is 1. The maximum atomic E-state index is 12.5. The maximum Gasteiger partial charge on any atom is 0.317 e. The number of nitrogens with zero attached hydrogens (tertiary/aromatic N) is 3. The lowest BCUT2D eigenvalue weighted by molar-refractivity contribution is 0.00680. The highest BCUT2D eigenvalue weighted by atomic mass is 16.5. The quantitative estimate of drug-likeness (QED) is 0.722. The molecule has 0 saturated carbocycles. The van der Waals surface area contributed by atoms with Gasteiger partial charge in [0.1, 0.15) is 0 Å². The highest BCUT2D eigenvalue weighted by Crippen LogP contribution is 2.12. The van der Waals surface area contributed by atoms with E-state index in [1.165, 1.54) is 0 Å². The van der Waals surface area contributed by atoms with Gasteiger partial charge in [-0.05, 0) is 5.92 Å². The second-order valence-corrected chi connectivity index (χ2v) is 6.97. The number of urea groups is 1. The minimum Gasteiger partial charge on any atom is -0.383 e. The van der Waals surface area contributed by atoms with Crippen LogP contribution >= 0.6 is 0 Å². The molecular formula is C17H34N4O3. The number of ether oxygens (including phenoxy) is 2. The zero-order chi connectivity index (χ0) is 17.4. The molecule has 140 valence electrons. The van der Waals surface area contributed by atoms with E-state index in [1.807, 2.05) is 4.90 Å². The van der Waals surface area contributed by atoms with Gasteiger partial charge in [-0.3, -0.25) is 9.80 Å². The first-order valence-corrected chi connectivity index (χ1v) is 9.17. The van der Waals surface area contributed by atoms with E-state index in [0.717, 1.165) is 65.6 Å². The van der Waals surface area contributed by atoms with Crippen LogP contribution in [0.25, 0.3) is 0 Å². The second-order valence-electron chi connectivity index (χ2n) is 6.97. The van der Waals surface area contributed by atoms with Crippen molar-refractivity contribution in [3.63, 3.8) is 0 Å². The van der Waals surface area contributed by atoms with Gasteiger partial charge in [0.2, 0.25) is 0 Å². The Labute approximate surface area is 146 Å². The number of carbonyl (C=O) groups is 1. The molecule has 7 nitrogen and oxygen atoms in total. The van der Waals surface area contributed by atoms with Gasteiger partial charge in [0.05, 0.1) is 19.8 Å². The lowest BCUT2D eigenvalue weighted by Gasteiger charge is -2.38. The predicted octanol–water partition coefficient (Wildman–Crippen LogP) is 0.317.